The lowest BCUT2D eigenvalue weighted by Crippen LogP contribution is -2.56. The number of nitrogens with one attached hydrogen (secondary N) is 2. The molecule has 4 rings (SSSR count). The van der Waals surface area contributed by atoms with E-state index in [0.717, 1.165) is 43.4 Å². The van der Waals surface area contributed by atoms with E-state index in [-0.39, 0.29) is 24.3 Å². The molecule has 0 saturated heterocycles. The van der Waals surface area contributed by atoms with Gasteiger partial charge in [-0.1, -0.05) is 37.8 Å². The number of hydrogen-bond acceptors (Lipinski definition) is 7. The zero-order valence-electron chi connectivity index (χ0n) is 20.5. The summed E-state index contributed by atoms with van der Waals surface area (Å²) < 4.78 is 6.40. The molecule has 0 spiro atoms. The molecule has 7 nitrogen and oxygen atoms in total. The minimum Gasteiger partial charge on any atom is -0.458 e. The average molecular weight is 497 g/mol. The Kier molecular flexibility index (Phi) is 8.34. The van der Waals surface area contributed by atoms with Gasteiger partial charge in [-0.05, 0) is 68.6 Å². The summed E-state index contributed by atoms with van der Waals surface area (Å²) in [6.07, 6.45) is 11.3. The van der Waals surface area contributed by atoms with Crippen molar-refractivity contribution in [3.05, 3.63) is 53.4 Å². The molecule has 2 aliphatic rings. The molecule has 188 valence electrons. The van der Waals surface area contributed by atoms with Crippen molar-refractivity contribution in [2.75, 3.05) is 18.4 Å². The Morgan fingerprint density at radius 2 is 2.03 bits per heavy atom. The second-order valence-corrected chi connectivity index (χ2v) is 11.0. The van der Waals surface area contributed by atoms with Gasteiger partial charge < -0.3 is 15.4 Å². The summed E-state index contributed by atoms with van der Waals surface area (Å²) in [5.41, 5.74) is -1.04. The molecule has 2 aromatic rings. The van der Waals surface area contributed by atoms with Crippen LogP contribution in [-0.4, -0.2) is 40.8 Å². The van der Waals surface area contributed by atoms with Gasteiger partial charge in [-0.3, -0.25) is 9.59 Å². The van der Waals surface area contributed by atoms with E-state index >= 15 is 0 Å². The molecule has 1 amide bonds. The first-order valence-corrected chi connectivity index (χ1v) is 13.5. The van der Waals surface area contributed by atoms with Crippen LogP contribution in [0.5, 0.6) is 0 Å². The van der Waals surface area contributed by atoms with E-state index in [0.29, 0.717) is 18.3 Å². The third-order valence-corrected chi connectivity index (χ3v) is 8.74. The molecule has 2 fully saturated rings. The standard InChI is InChI=1S/C27H36N4O3S/c1-3-20-18-26(2,21(20)12-16-28-19-24(32)30-23-11-8-15-29-31-23)34-25(33)27(22-10-9-17-35-22)13-6-4-5-7-14-27/h3,8-11,15,17,20-21,28H,1,4-7,12-14,16,18-19H2,2H3,(H,30,31,32)/t20?,21?,26-/m0/s1. The van der Waals surface area contributed by atoms with Crippen LogP contribution in [0.4, 0.5) is 5.82 Å². The highest BCUT2D eigenvalue weighted by Gasteiger charge is 2.54. The van der Waals surface area contributed by atoms with E-state index in [2.05, 4.69) is 45.8 Å². The number of carbonyl (C=O) groups is 2. The summed E-state index contributed by atoms with van der Waals surface area (Å²) in [7, 11) is 0. The lowest BCUT2D eigenvalue weighted by Gasteiger charge is -2.52. The Labute approximate surface area is 211 Å². The van der Waals surface area contributed by atoms with Gasteiger partial charge in [-0.2, -0.15) is 5.10 Å². The van der Waals surface area contributed by atoms with E-state index in [1.54, 1.807) is 29.7 Å². The number of ether oxygens (including phenoxy) is 1. The van der Waals surface area contributed by atoms with Crippen molar-refractivity contribution >= 4 is 29.0 Å². The molecule has 2 N–H and O–H groups in total. The number of aromatic nitrogens is 2. The van der Waals surface area contributed by atoms with Crippen LogP contribution in [0.1, 0.15) is 63.2 Å². The maximum Gasteiger partial charge on any atom is 0.317 e. The molecule has 0 bridgehead atoms. The molecule has 2 aromatic heterocycles. The van der Waals surface area contributed by atoms with Crippen LogP contribution in [0.3, 0.4) is 0 Å². The van der Waals surface area contributed by atoms with Gasteiger partial charge in [0.15, 0.2) is 5.82 Å². The second kappa shape index (κ2) is 11.4. The lowest BCUT2D eigenvalue weighted by molar-refractivity contribution is -0.194. The Bertz CT molecular complexity index is 989. The number of amides is 1. The second-order valence-electron chi connectivity index (χ2n) is 10.0. The molecule has 2 saturated carbocycles. The van der Waals surface area contributed by atoms with Gasteiger partial charge in [0.1, 0.15) is 11.0 Å². The summed E-state index contributed by atoms with van der Waals surface area (Å²) in [6.45, 7) is 6.89. The summed E-state index contributed by atoms with van der Waals surface area (Å²) in [5, 5.41) is 15.6. The fraction of sp³-hybridized carbons (Fsp3) is 0.556. The molecule has 3 atom stereocenters. The van der Waals surface area contributed by atoms with Gasteiger partial charge in [0, 0.05) is 17.0 Å². The van der Waals surface area contributed by atoms with E-state index in [1.165, 1.54) is 12.8 Å². The Balaban J connectivity index is 1.34. The van der Waals surface area contributed by atoms with Crippen molar-refractivity contribution in [3.8, 4) is 0 Å². The third-order valence-electron chi connectivity index (χ3n) is 7.67. The number of rotatable bonds is 10. The van der Waals surface area contributed by atoms with Gasteiger partial charge >= 0.3 is 5.97 Å². The van der Waals surface area contributed by atoms with Crippen LogP contribution in [0.25, 0.3) is 0 Å². The number of carbonyl (C=O) groups excluding carboxylic acids is 2. The van der Waals surface area contributed by atoms with Gasteiger partial charge in [0.05, 0.1) is 6.54 Å². The molecular formula is C27H36N4O3S. The minimum absolute atomic E-state index is 0.0619. The van der Waals surface area contributed by atoms with Crippen molar-refractivity contribution < 1.29 is 14.3 Å². The largest absolute Gasteiger partial charge is 0.458 e. The van der Waals surface area contributed by atoms with Crippen molar-refractivity contribution in [1.82, 2.24) is 15.5 Å². The topological polar surface area (TPSA) is 93.2 Å². The van der Waals surface area contributed by atoms with Crippen LogP contribution >= 0.6 is 11.3 Å². The Morgan fingerprint density at radius 3 is 2.69 bits per heavy atom. The van der Waals surface area contributed by atoms with Crippen LogP contribution in [0.15, 0.2) is 48.5 Å². The average Bonchev–Trinajstić information content (AvgIpc) is 3.28. The molecule has 35 heavy (non-hydrogen) atoms. The van der Waals surface area contributed by atoms with Crippen molar-refractivity contribution in [3.63, 3.8) is 0 Å². The van der Waals surface area contributed by atoms with Crippen LogP contribution < -0.4 is 10.6 Å². The fourth-order valence-electron chi connectivity index (χ4n) is 5.70. The van der Waals surface area contributed by atoms with Crippen molar-refractivity contribution in [1.29, 1.82) is 0 Å². The Morgan fingerprint density at radius 1 is 1.23 bits per heavy atom. The third kappa shape index (κ3) is 5.81. The molecule has 2 heterocycles. The van der Waals surface area contributed by atoms with E-state index in [4.69, 9.17) is 4.74 Å². The molecule has 2 aliphatic carbocycles. The summed E-state index contributed by atoms with van der Waals surface area (Å²) in [4.78, 5) is 27.1. The maximum atomic E-state index is 13.8. The fourth-order valence-corrected chi connectivity index (χ4v) is 6.67. The monoisotopic (exact) mass is 496 g/mol. The van der Waals surface area contributed by atoms with Gasteiger partial charge in [0.2, 0.25) is 5.91 Å². The van der Waals surface area contributed by atoms with Gasteiger partial charge in [-0.15, -0.1) is 23.0 Å². The van der Waals surface area contributed by atoms with Crippen LogP contribution in [-0.2, 0) is 19.7 Å². The molecule has 0 aromatic carbocycles. The highest BCUT2D eigenvalue weighted by molar-refractivity contribution is 7.10. The van der Waals surface area contributed by atoms with Crippen molar-refractivity contribution in [2.45, 2.75) is 69.3 Å². The number of anilines is 1. The SMILES string of the molecule is C=CC1C[C@](C)(OC(=O)C2(c3cccs3)CCCCCC2)C1CCNCC(=O)Nc1cccnn1. The highest BCUT2D eigenvalue weighted by atomic mass is 32.1. The normalized spacial score (nSPS) is 25.6. The van der Waals surface area contributed by atoms with Crippen LogP contribution in [0.2, 0.25) is 0 Å². The summed E-state index contributed by atoms with van der Waals surface area (Å²) in [5.74, 6) is 0.677. The maximum absolute atomic E-state index is 13.8. The van der Waals surface area contributed by atoms with Gasteiger partial charge in [0.25, 0.3) is 0 Å². The molecule has 0 radical (unpaired) electrons. The first kappa shape index (κ1) is 25.5. The van der Waals surface area contributed by atoms with E-state index in [9.17, 15) is 9.59 Å². The first-order valence-electron chi connectivity index (χ1n) is 12.7. The zero-order chi connectivity index (χ0) is 24.7. The predicted molar refractivity (Wildman–Crippen MR) is 138 cm³/mol. The molecular weight excluding hydrogens is 460 g/mol. The number of esters is 1. The number of thiophene rings is 1. The number of hydrogen-bond donors (Lipinski definition) is 2. The smallest absolute Gasteiger partial charge is 0.317 e. The zero-order valence-corrected chi connectivity index (χ0v) is 21.3. The first-order chi connectivity index (χ1) is 17.0. The summed E-state index contributed by atoms with van der Waals surface area (Å²) >= 11 is 1.67. The molecule has 2 unspecified atom stereocenters. The van der Waals surface area contributed by atoms with Crippen molar-refractivity contribution in [2.24, 2.45) is 11.8 Å². The van der Waals surface area contributed by atoms with E-state index < -0.39 is 11.0 Å². The quantitative estimate of drug-likeness (QED) is 0.211. The van der Waals surface area contributed by atoms with Gasteiger partial charge in [-0.25, -0.2) is 0 Å². The summed E-state index contributed by atoms with van der Waals surface area (Å²) in [6, 6.07) is 7.56. The predicted octanol–water partition coefficient (Wildman–Crippen LogP) is 4.87. The van der Waals surface area contributed by atoms with E-state index in [1.807, 2.05) is 12.1 Å². The number of allylic oxidation sites excluding steroid dienone is 1. The molecule has 0 aliphatic heterocycles. The molecule has 8 heteroatoms. The van der Waals surface area contributed by atoms with Crippen LogP contribution in [0, 0.1) is 11.8 Å². The highest BCUT2D eigenvalue weighted by Crippen LogP contribution is 2.51. The number of nitrogens with zero attached hydrogens (tertiary/aromatic N) is 2. The minimum atomic E-state index is -0.520. The lowest BCUT2D eigenvalue weighted by atomic mass is 9.60. The Hall–Kier alpha value is -2.58.